The van der Waals surface area contributed by atoms with Crippen LogP contribution >= 0.6 is 0 Å². The van der Waals surface area contributed by atoms with Crippen LogP contribution in [0.2, 0.25) is 0 Å². The molecule has 0 aromatic carbocycles. The summed E-state index contributed by atoms with van der Waals surface area (Å²) >= 11 is 0. The summed E-state index contributed by atoms with van der Waals surface area (Å²) in [4.78, 5) is 21.8. The highest BCUT2D eigenvalue weighted by molar-refractivity contribution is 5.48. The van der Waals surface area contributed by atoms with Crippen LogP contribution < -0.4 is 4.90 Å². The van der Waals surface area contributed by atoms with Gasteiger partial charge in [-0.25, -0.2) is 9.97 Å². The fourth-order valence-electron chi connectivity index (χ4n) is 5.64. The molecule has 182 valence electrons. The van der Waals surface area contributed by atoms with Crippen LogP contribution in [0.5, 0.6) is 0 Å². The highest BCUT2D eigenvalue weighted by Gasteiger charge is 2.26. The molecule has 0 spiro atoms. The number of nitrogens with zero attached hydrogens (tertiary/aromatic N) is 8. The zero-order valence-corrected chi connectivity index (χ0v) is 20.7. The second-order valence-corrected chi connectivity index (χ2v) is 9.95. The highest BCUT2D eigenvalue weighted by atomic mass is 15.3. The maximum atomic E-state index is 4.95. The Hall–Kier alpha value is -3.23. The van der Waals surface area contributed by atoms with Gasteiger partial charge in [-0.3, -0.25) is 19.2 Å². The third kappa shape index (κ3) is 4.44. The van der Waals surface area contributed by atoms with E-state index in [0.29, 0.717) is 6.04 Å². The van der Waals surface area contributed by atoms with Gasteiger partial charge in [0.15, 0.2) is 0 Å². The Morgan fingerprint density at radius 1 is 1.03 bits per heavy atom. The fraction of sp³-hybridized carbons (Fsp3) is 0.444. The van der Waals surface area contributed by atoms with E-state index in [2.05, 4.69) is 74.4 Å². The highest BCUT2D eigenvalue weighted by Crippen LogP contribution is 2.32. The number of anilines is 1. The van der Waals surface area contributed by atoms with Crippen LogP contribution in [0.25, 0.3) is 5.65 Å². The van der Waals surface area contributed by atoms with E-state index >= 15 is 0 Å². The number of fused-ring (bicyclic) bond motifs is 2. The summed E-state index contributed by atoms with van der Waals surface area (Å²) in [5.74, 6) is 0.993. The Bertz CT molecular complexity index is 1300. The van der Waals surface area contributed by atoms with E-state index in [9.17, 15) is 0 Å². The summed E-state index contributed by atoms with van der Waals surface area (Å²) in [6.45, 7) is 5.79. The molecule has 0 amide bonds. The van der Waals surface area contributed by atoms with Crippen molar-refractivity contribution in [3.05, 3.63) is 77.8 Å². The molecule has 35 heavy (non-hydrogen) atoms. The van der Waals surface area contributed by atoms with Gasteiger partial charge in [0.25, 0.3) is 0 Å². The van der Waals surface area contributed by atoms with Crippen LogP contribution in [0.15, 0.2) is 55.1 Å². The predicted molar refractivity (Wildman–Crippen MR) is 137 cm³/mol. The van der Waals surface area contributed by atoms with Crippen molar-refractivity contribution in [1.29, 1.82) is 0 Å². The number of aryl methyl sites for hydroxylation is 2. The van der Waals surface area contributed by atoms with Crippen LogP contribution in [0, 0.1) is 0 Å². The molecule has 1 aliphatic heterocycles. The lowest BCUT2D eigenvalue weighted by Gasteiger charge is -2.35. The van der Waals surface area contributed by atoms with Crippen molar-refractivity contribution in [2.45, 2.75) is 38.4 Å². The van der Waals surface area contributed by atoms with E-state index < -0.39 is 0 Å². The minimum absolute atomic E-state index is 0.347. The van der Waals surface area contributed by atoms with Gasteiger partial charge in [0.2, 0.25) is 5.95 Å². The standard InChI is InChI=1S/C27H34N8/c1-31-13-5-8-23(31)20-33-14-16-34(17-15-33)27-29-12-10-25-30-22(19-35(25)27)18-32(2)24-9-3-6-21-7-4-11-28-26(21)24/h4-5,7-8,10-13,19,24H,3,6,9,14-18,20H2,1-2H3/t24-/m0/s1. The number of hydrogen-bond donors (Lipinski definition) is 0. The quantitative estimate of drug-likeness (QED) is 0.431. The molecule has 1 aliphatic carbocycles. The molecule has 4 aromatic heterocycles. The smallest absolute Gasteiger partial charge is 0.211 e. The molecule has 0 N–H and O–H groups in total. The molecule has 4 aromatic rings. The van der Waals surface area contributed by atoms with Gasteiger partial charge in [0.05, 0.1) is 17.4 Å². The first-order valence-electron chi connectivity index (χ1n) is 12.7. The molecule has 8 heteroatoms. The van der Waals surface area contributed by atoms with Crippen LogP contribution in [0.4, 0.5) is 5.95 Å². The van der Waals surface area contributed by atoms with E-state index in [-0.39, 0.29) is 0 Å². The Balaban J connectivity index is 1.16. The summed E-state index contributed by atoms with van der Waals surface area (Å²) in [7, 11) is 4.32. The maximum absolute atomic E-state index is 4.95. The number of pyridine rings is 1. The first-order valence-corrected chi connectivity index (χ1v) is 12.7. The van der Waals surface area contributed by atoms with E-state index in [1.807, 2.05) is 18.5 Å². The van der Waals surface area contributed by atoms with Crippen LogP contribution in [-0.4, -0.2) is 66.9 Å². The summed E-state index contributed by atoms with van der Waals surface area (Å²) in [5.41, 5.74) is 6.03. The predicted octanol–water partition coefficient (Wildman–Crippen LogP) is 3.29. The van der Waals surface area contributed by atoms with Gasteiger partial charge in [0, 0.05) is 76.8 Å². The van der Waals surface area contributed by atoms with Gasteiger partial charge >= 0.3 is 0 Å². The van der Waals surface area contributed by atoms with Crippen LogP contribution in [-0.2, 0) is 26.6 Å². The van der Waals surface area contributed by atoms with Crippen molar-refractivity contribution in [1.82, 2.24) is 33.7 Å². The monoisotopic (exact) mass is 470 g/mol. The summed E-state index contributed by atoms with van der Waals surface area (Å²) in [6.07, 6.45) is 11.6. The molecule has 1 fully saturated rings. The van der Waals surface area contributed by atoms with Gasteiger partial charge in [-0.15, -0.1) is 0 Å². The molecule has 2 aliphatic rings. The summed E-state index contributed by atoms with van der Waals surface area (Å²) in [5, 5.41) is 0. The Morgan fingerprint density at radius 2 is 1.91 bits per heavy atom. The lowest BCUT2D eigenvalue weighted by molar-refractivity contribution is 0.206. The molecular formula is C27H34N8. The number of hydrogen-bond acceptors (Lipinski definition) is 6. The zero-order valence-electron chi connectivity index (χ0n) is 20.7. The van der Waals surface area contributed by atoms with Crippen LogP contribution in [0.1, 0.15) is 41.5 Å². The fourth-order valence-corrected chi connectivity index (χ4v) is 5.64. The zero-order chi connectivity index (χ0) is 23.8. The Morgan fingerprint density at radius 3 is 2.74 bits per heavy atom. The molecule has 0 unspecified atom stereocenters. The minimum Gasteiger partial charge on any atom is -0.353 e. The third-order valence-electron chi connectivity index (χ3n) is 7.61. The molecule has 1 saturated heterocycles. The van der Waals surface area contributed by atoms with E-state index in [1.54, 1.807) is 0 Å². The number of rotatable bonds is 6. The van der Waals surface area contributed by atoms with Gasteiger partial charge in [0.1, 0.15) is 5.65 Å². The van der Waals surface area contributed by atoms with Crippen molar-refractivity contribution < 1.29 is 0 Å². The Labute approximate surface area is 206 Å². The van der Waals surface area contributed by atoms with E-state index in [0.717, 1.165) is 69.4 Å². The van der Waals surface area contributed by atoms with E-state index in [1.165, 1.54) is 23.4 Å². The lowest BCUT2D eigenvalue weighted by atomic mass is 9.91. The average molecular weight is 471 g/mol. The summed E-state index contributed by atoms with van der Waals surface area (Å²) < 4.78 is 4.38. The number of piperazine rings is 1. The largest absolute Gasteiger partial charge is 0.353 e. The molecule has 5 heterocycles. The Kier molecular flexibility index (Phi) is 6.00. The van der Waals surface area contributed by atoms with Gasteiger partial charge in [-0.2, -0.15) is 0 Å². The number of aromatic nitrogens is 5. The molecule has 0 saturated carbocycles. The van der Waals surface area contributed by atoms with Crippen LogP contribution in [0.3, 0.4) is 0 Å². The third-order valence-corrected chi connectivity index (χ3v) is 7.61. The first kappa shape index (κ1) is 22.2. The lowest BCUT2D eigenvalue weighted by Crippen LogP contribution is -2.47. The van der Waals surface area contributed by atoms with Crippen molar-refractivity contribution in [3.63, 3.8) is 0 Å². The molecular weight excluding hydrogens is 436 g/mol. The minimum atomic E-state index is 0.347. The topological polar surface area (TPSA) is 57.7 Å². The van der Waals surface area contributed by atoms with Crippen molar-refractivity contribution in [2.24, 2.45) is 7.05 Å². The van der Waals surface area contributed by atoms with Crippen molar-refractivity contribution in [2.75, 3.05) is 38.1 Å². The molecule has 0 bridgehead atoms. The van der Waals surface area contributed by atoms with Gasteiger partial charge in [-0.05, 0) is 56.1 Å². The first-order chi connectivity index (χ1) is 17.2. The van der Waals surface area contributed by atoms with Gasteiger partial charge in [-0.1, -0.05) is 6.07 Å². The second kappa shape index (κ2) is 9.43. The molecule has 6 rings (SSSR count). The van der Waals surface area contributed by atoms with Crippen molar-refractivity contribution >= 4 is 11.6 Å². The SMILES string of the molecule is CN(Cc1cn2c(N3CCN(Cc4cccn4C)CC3)nccc2n1)[C@H]1CCCc2cccnc21. The molecule has 1 atom stereocenters. The van der Waals surface area contributed by atoms with Gasteiger partial charge < -0.3 is 9.47 Å². The normalized spacial score (nSPS) is 18.9. The summed E-state index contributed by atoms with van der Waals surface area (Å²) in [6, 6.07) is 11.0. The molecule has 0 radical (unpaired) electrons. The van der Waals surface area contributed by atoms with Crippen molar-refractivity contribution in [3.8, 4) is 0 Å². The average Bonchev–Trinajstić information content (AvgIpc) is 3.49. The maximum Gasteiger partial charge on any atom is 0.211 e. The van der Waals surface area contributed by atoms with E-state index in [4.69, 9.17) is 15.0 Å². The number of imidazole rings is 1. The molecule has 8 nitrogen and oxygen atoms in total. The second-order valence-electron chi connectivity index (χ2n) is 9.95.